The number of hydrogen-bond acceptors (Lipinski definition) is 4. The number of quaternary nitrogens is 1. The van der Waals surface area contributed by atoms with Crippen molar-refractivity contribution in [2.75, 3.05) is 6.61 Å². The topological polar surface area (TPSA) is 54.4 Å². The maximum Gasteiger partial charge on any atom is 0.417 e. The normalized spacial score (nSPS) is 27.9. The highest BCUT2D eigenvalue weighted by molar-refractivity contribution is 5.44. The number of benzene rings is 1. The molecule has 8 heteroatoms. The van der Waals surface area contributed by atoms with Crippen LogP contribution in [0.4, 0.5) is 19.0 Å². The molecule has 2 fully saturated rings. The van der Waals surface area contributed by atoms with Crippen LogP contribution in [-0.4, -0.2) is 29.8 Å². The molecule has 2 aliphatic heterocycles. The minimum absolute atomic E-state index is 0.140. The highest BCUT2D eigenvalue weighted by Gasteiger charge is 2.52. The van der Waals surface area contributed by atoms with E-state index in [-0.39, 0.29) is 24.0 Å². The molecule has 0 N–H and O–H groups in total. The van der Waals surface area contributed by atoms with Gasteiger partial charge in [0.05, 0.1) is 24.3 Å². The van der Waals surface area contributed by atoms with Gasteiger partial charge in [0.15, 0.2) is 11.5 Å². The summed E-state index contributed by atoms with van der Waals surface area (Å²) >= 11 is 0. The second kappa shape index (κ2) is 8.31. The lowest BCUT2D eigenvalue weighted by atomic mass is 9.98. The zero-order chi connectivity index (χ0) is 22.2. The van der Waals surface area contributed by atoms with Crippen molar-refractivity contribution in [1.82, 2.24) is 9.63 Å². The van der Waals surface area contributed by atoms with E-state index in [4.69, 9.17) is 9.47 Å². The molecule has 1 aromatic heterocycles. The number of hydroxylamine groups is 2. The van der Waals surface area contributed by atoms with Gasteiger partial charge in [-0.15, -0.1) is 0 Å². The van der Waals surface area contributed by atoms with Crippen molar-refractivity contribution in [1.29, 1.82) is 0 Å². The van der Waals surface area contributed by atoms with Gasteiger partial charge >= 0.3 is 6.18 Å². The SMILES string of the molecule is CCCOc1cc(C)ccc1OC1C[C@H]2CC[C@@H](C1)[N+]2([O-])c1ccc(C(F)(F)F)cn1. The molecule has 4 atom stereocenters. The van der Waals surface area contributed by atoms with Crippen LogP contribution in [0.15, 0.2) is 36.5 Å². The lowest BCUT2D eigenvalue weighted by Gasteiger charge is -2.51. The van der Waals surface area contributed by atoms with Gasteiger partial charge in [-0.3, -0.25) is 0 Å². The first kappa shape index (κ1) is 21.9. The number of alkyl halides is 3. The third kappa shape index (κ3) is 4.23. The van der Waals surface area contributed by atoms with E-state index in [2.05, 4.69) is 4.98 Å². The van der Waals surface area contributed by atoms with Crippen molar-refractivity contribution >= 4 is 5.82 Å². The fourth-order valence-corrected chi connectivity index (χ4v) is 4.77. The largest absolute Gasteiger partial charge is 0.626 e. The molecular weight excluding hydrogens is 409 g/mol. The summed E-state index contributed by atoms with van der Waals surface area (Å²) in [5, 5.41) is 13.8. The van der Waals surface area contributed by atoms with Gasteiger partial charge in [0.1, 0.15) is 6.10 Å². The molecule has 4 rings (SSSR count). The van der Waals surface area contributed by atoms with Crippen molar-refractivity contribution < 1.29 is 22.6 Å². The van der Waals surface area contributed by atoms with Crippen LogP contribution in [0.5, 0.6) is 11.5 Å². The molecule has 0 radical (unpaired) electrons. The molecule has 2 bridgehead atoms. The summed E-state index contributed by atoms with van der Waals surface area (Å²) in [6.45, 7) is 4.62. The Kier molecular flexibility index (Phi) is 5.87. The zero-order valence-corrected chi connectivity index (χ0v) is 17.7. The highest BCUT2D eigenvalue weighted by Crippen LogP contribution is 2.46. The van der Waals surface area contributed by atoms with Crippen LogP contribution >= 0.6 is 0 Å². The van der Waals surface area contributed by atoms with Gasteiger partial charge in [0, 0.05) is 37.9 Å². The molecule has 0 saturated carbocycles. The molecule has 31 heavy (non-hydrogen) atoms. The van der Waals surface area contributed by atoms with Crippen LogP contribution in [0.1, 0.15) is 50.2 Å². The average Bonchev–Trinajstić information content (AvgIpc) is 2.90. The third-order valence-corrected chi connectivity index (χ3v) is 6.28. The molecule has 0 aliphatic carbocycles. The van der Waals surface area contributed by atoms with E-state index >= 15 is 0 Å². The Morgan fingerprint density at radius 1 is 1.10 bits per heavy atom. The van der Waals surface area contributed by atoms with E-state index in [1.807, 2.05) is 32.0 Å². The van der Waals surface area contributed by atoms with E-state index in [1.165, 1.54) is 6.07 Å². The van der Waals surface area contributed by atoms with Gasteiger partial charge in [0.2, 0.25) is 5.82 Å². The lowest BCUT2D eigenvalue weighted by molar-refractivity contribution is -0.137. The number of pyridine rings is 1. The quantitative estimate of drug-likeness (QED) is 0.426. The number of hydrogen-bond donors (Lipinski definition) is 0. The third-order valence-electron chi connectivity index (χ3n) is 6.28. The summed E-state index contributed by atoms with van der Waals surface area (Å²) in [5.41, 5.74) is 0.234. The first-order valence-electron chi connectivity index (χ1n) is 10.7. The maximum absolute atomic E-state index is 13.8. The molecule has 2 aromatic rings. The van der Waals surface area contributed by atoms with E-state index in [9.17, 15) is 18.4 Å². The molecule has 168 valence electrons. The van der Waals surface area contributed by atoms with Gasteiger partial charge < -0.3 is 19.3 Å². The number of halogens is 3. The fraction of sp³-hybridized carbons (Fsp3) is 0.522. The van der Waals surface area contributed by atoms with Crippen LogP contribution in [0.25, 0.3) is 0 Å². The molecular formula is C23H27F3N2O3. The van der Waals surface area contributed by atoms with Crippen molar-refractivity contribution in [3.05, 3.63) is 52.9 Å². The van der Waals surface area contributed by atoms with Crippen molar-refractivity contribution in [3.8, 4) is 11.5 Å². The number of nitrogens with zero attached hydrogens (tertiary/aromatic N) is 2. The van der Waals surface area contributed by atoms with Crippen LogP contribution in [-0.2, 0) is 6.18 Å². The van der Waals surface area contributed by atoms with Gasteiger partial charge in [0.25, 0.3) is 0 Å². The first-order valence-corrected chi connectivity index (χ1v) is 10.7. The molecule has 0 amide bonds. The Morgan fingerprint density at radius 3 is 2.39 bits per heavy atom. The number of rotatable bonds is 6. The van der Waals surface area contributed by atoms with Gasteiger partial charge in [-0.25, -0.2) is 4.98 Å². The summed E-state index contributed by atoms with van der Waals surface area (Å²) in [6, 6.07) is 7.43. The van der Waals surface area contributed by atoms with E-state index < -0.39 is 16.4 Å². The average molecular weight is 436 g/mol. The molecule has 2 unspecified atom stereocenters. The zero-order valence-electron chi connectivity index (χ0n) is 17.7. The minimum Gasteiger partial charge on any atom is -0.626 e. The van der Waals surface area contributed by atoms with Crippen molar-refractivity contribution in [2.24, 2.45) is 0 Å². The summed E-state index contributed by atoms with van der Waals surface area (Å²) < 4.78 is 50.0. The number of ether oxygens (including phenoxy) is 2. The molecule has 1 aromatic carbocycles. The molecule has 2 aliphatic rings. The van der Waals surface area contributed by atoms with E-state index in [0.29, 0.717) is 43.8 Å². The molecule has 5 nitrogen and oxygen atoms in total. The van der Waals surface area contributed by atoms with Gasteiger partial charge in [-0.05, 0) is 37.1 Å². The van der Waals surface area contributed by atoms with Crippen LogP contribution in [0.3, 0.4) is 0 Å². The maximum atomic E-state index is 13.8. The smallest absolute Gasteiger partial charge is 0.417 e. The van der Waals surface area contributed by atoms with Crippen molar-refractivity contribution in [3.63, 3.8) is 0 Å². The molecule has 3 heterocycles. The Morgan fingerprint density at radius 2 is 1.81 bits per heavy atom. The van der Waals surface area contributed by atoms with Crippen LogP contribution in [0.2, 0.25) is 0 Å². The van der Waals surface area contributed by atoms with Crippen LogP contribution < -0.4 is 14.1 Å². The van der Waals surface area contributed by atoms with E-state index in [1.54, 1.807) is 0 Å². The standard InChI is InChI=1S/C23H27F3N2O3/c1-3-10-30-21-11-15(2)4-8-20(21)31-19-12-17-6-7-18(13-19)28(17,29)22-9-5-16(14-27-22)23(24,25)26/h4-5,8-9,11,14,17-19H,3,6-7,10,12-13H2,1-2H3/t17-,18+,19?,28?. The van der Waals surface area contributed by atoms with Crippen LogP contribution in [0, 0.1) is 12.1 Å². The minimum atomic E-state index is -4.47. The number of aryl methyl sites for hydroxylation is 1. The summed E-state index contributed by atoms with van der Waals surface area (Å²) in [7, 11) is 0. The predicted octanol–water partition coefficient (Wildman–Crippen LogP) is 5.78. The Hall–Kier alpha value is -2.32. The Balaban J connectivity index is 1.51. The fourth-order valence-electron chi connectivity index (χ4n) is 4.77. The monoisotopic (exact) mass is 436 g/mol. The summed E-state index contributed by atoms with van der Waals surface area (Å²) in [5.74, 6) is 1.52. The molecule has 0 spiro atoms. The van der Waals surface area contributed by atoms with Gasteiger partial charge in [-0.1, -0.05) is 13.0 Å². The number of aromatic nitrogens is 1. The first-order chi connectivity index (χ1) is 14.7. The number of piperidine rings is 1. The number of fused-ring (bicyclic) bond motifs is 2. The second-order valence-electron chi connectivity index (χ2n) is 8.51. The molecule has 2 saturated heterocycles. The van der Waals surface area contributed by atoms with E-state index in [0.717, 1.165) is 24.2 Å². The predicted molar refractivity (Wildman–Crippen MR) is 112 cm³/mol. The van der Waals surface area contributed by atoms with Crippen molar-refractivity contribution in [2.45, 2.75) is 70.3 Å². The second-order valence-corrected chi connectivity index (χ2v) is 8.51. The van der Waals surface area contributed by atoms with Gasteiger partial charge in [-0.2, -0.15) is 13.2 Å². The summed E-state index contributed by atoms with van der Waals surface area (Å²) in [6.07, 6.45) is -0.471. The lowest BCUT2D eigenvalue weighted by Crippen LogP contribution is -2.59. The Labute approximate surface area is 180 Å². The highest BCUT2D eigenvalue weighted by atomic mass is 19.4. The Bertz CT molecular complexity index is 903. The summed E-state index contributed by atoms with van der Waals surface area (Å²) in [4.78, 5) is 3.93.